The molecule has 0 spiro atoms. The summed E-state index contributed by atoms with van der Waals surface area (Å²) in [5, 5.41) is 0. The van der Waals surface area contributed by atoms with Gasteiger partial charge in [-0.1, -0.05) is 34.5 Å². The van der Waals surface area contributed by atoms with Gasteiger partial charge in [-0.15, -0.1) is 0 Å². The van der Waals surface area contributed by atoms with Crippen LogP contribution >= 0.6 is 15.9 Å². The third kappa shape index (κ3) is 0.754. The third-order valence-corrected chi connectivity index (χ3v) is 7.76. The molecule has 1 aromatic heterocycles. The number of hydrogen-bond acceptors (Lipinski definition) is 2. The van der Waals surface area contributed by atoms with Crippen LogP contribution in [0.1, 0.15) is 31.3 Å². The van der Waals surface area contributed by atoms with E-state index >= 15 is 0 Å². The van der Waals surface area contributed by atoms with Crippen molar-refractivity contribution < 1.29 is 0 Å². The number of nitrogens with zero attached hydrogens (tertiary/aromatic N) is 3. The number of hydrogen-bond donors (Lipinski definition) is 0. The topological polar surface area (TPSA) is 48.9 Å². The summed E-state index contributed by atoms with van der Waals surface area (Å²) in [6.07, 6.45) is 7.82. The Hall–Kier alpha value is -1.04. The molecule has 0 N–H and O–H groups in total. The van der Waals surface area contributed by atoms with Gasteiger partial charge in [0.15, 0.2) is 0 Å². The van der Waals surface area contributed by atoms with E-state index in [1.165, 1.54) is 11.0 Å². The Labute approximate surface area is 117 Å². The average molecular weight is 324 g/mol. The highest BCUT2D eigenvalue weighted by Crippen LogP contribution is 2.86. The summed E-state index contributed by atoms with van der Waals surface area (Å²) in [4.78, 5) is 25.1. The fourth-order valence-corrected chi connectivity index (χ4v) is 7.09. The van der Waals surface area contributed by atoms with Crippen molar-refractivity contribution >= 4 is 15.9 Å². The van der Waals surface area contributed by atoms with E-state index in [2.05, 4.69) is 28.1 Å². The van der Waals surface area contributed by atoms with Crippen LogP contribution in [0.5, 0.6) is 0 Å². The van der Waals surface area contributed by atoms with E-state index in [1.54, 1.807) is 16.4 Å². The molecule has 5 aliphatic rings. The van der Waals surface area contributed by atoms with Crippen LogP contribution in [0.25, 0.3) is 0 Å². The molecule has 100 valence electrons. The van der Waals surface area contributed by atoms with Crippen LogP contribution < -0.4 is 11.4 Å². The van der Waals surface area contributed by atoms with E-state index in [0.717, 1.165) is 12.8 Å². The normalized spacial score (nSPS) is 48.0. The summed E-state index contributed by atoms with van der Waals surface area (Å²) in [6, 6.07) is 0.0940. The number of rotatable bonds is 0. The van der Waals surface area contributed by atoms with Crippen LogP contribution in [0.3, 0.4) is 0 Å². The first-order valence-electron chi connectivity index (χ1n) is 6.80. The minimum atomic E-state index is -0.175. The Kier molecular flexibility index (Phi) is 1.53. The van der Waals surface area contributed by atoms with E-state index < -0.39 is 0 Å². The second kappa shape index (κ2) is 2.71. The second-order valence-electron chi connectivity index (χ2n) is 6.38. The van der Waals surface area contributed by atoms with Gasteiger partial charge < -0.3 is 0 Å². The molecule has 3 heterocycles. The number of aromatic nitrogens is 3. The van der Waals surface area contributed by atoms with Gasteiger partial charge in [0.25, 0.3) is 0 Å². The molecular weight excluding hydrogens is 310 g/mol. The Bertz CT molecular complexity index is 712. The van der Waals surface area contributed by atoms with Gasteiger partial charge in [0.2, 0.25) is 0 Å². The van der Waals surface area contributed by atoms with Crippen LogP contribution in [-0.4, -0.2) is 18.8 Å². The van der Waals surface area contributed by atoms with Crippen LogP contribution in [-0.2, 0) is 7.05 Å². The lowest BCUT2D eigenvalue weighted by Crippen LogP contribution is -2.47. The molecule has 2 saturated carbocycles. The zero-order valence-corrected chi connectivity index (χ0v) is 12.1. The van der Waals surface area contributed by atoms with Gasteiger partial charge in [-0.3, -0.25) is 0 Å². The van der Waals surface area contributed by atoms with Crippen molar-refractivity contribution in [2.45, 2.75) is 36.2 Å². The monoisotopic (exact) mass is 323 g/mol. The minimum absolute atomic E-state index is 0.0470. The summed E-state index contributed by atoms with van der Waals surface area (Å²) in [5.74, 6) is 0. The van der Waals surface area contributed by atoms with Gasteiger partial charge in [0.1, 0.15) is 0 Å². The molecular formula is C13H14BrN3O2. The highest BCUT2D eigenvalue weighted by molar-refractivity contribution is 9.09. The quantitative estimate of drug-likeness (QED) is 0.527. The zero-order chi connectivity index (χ0) is 13.2. The maximum Gasteiger partial charge on any atom is 0.347 e. The van der Waals surface area contributed by atoms with Crippen LogP contribution in [0.15, 0.2) is 21.7 Å². The summed E-state index contributed by atoms with van der Waals surface area (Å²) >= 11 is 3.85. The zero-order valence-electron chi connectivity index (χ0n) is 10.5. The van der Waals surface area contributed by atoms with E-state index in [4.69, 9.17) is 0 Å². The van der Waals surface area contributed by atoms with Crippen LogP contribution in [0, 0.1) is 10.8 Å². The fraction of sp³-hybridized carbons (Fsp3) is 0.692. The molecule has 0 radical (unpaired) electrons. The first kappa shape index (κ1) is 10.7. The molecule has 0 saturated heterocycles. The molecule has 5 nitrogen and oxygen atoms in total. The summed E-state index contributed by atoms with van der Waals surface area (Å²) < 4.78 is 4.65. The maximum absolute atomic E-state index is 12.3. The molecule has 1 aromatic rings. The van der Waals surface area contributed by atoms with E-state index in [-0.39, 0.29) is 34.3 Å². The highest BCUT2D eigenvalue weighted by atomic mass is 79.9. The van der Waals surface area contributed by atoms with Crippen molar-refractivity contribution in [3.05, 3.63) is 33.1 Å². The van der Waals surface area contributed by atoms with Crippen molar-refractivity contribution in [3.8, 4) is 0 Å². The molecule has 2 bridgehead atoms. The molecule has 6 heteroatoms. The smallest absolute Gasteiger partial charge is 0.246 e. The van der Waals surface area contributed by atoms with Crippen molar-refractivity contribution in [1.82, 2.24) is 13.9 Å². The molecule has 2 aliphatic heterocycles. The molecule has 6 rings (SSSR count). The van der Waals surface area contributed by atoms with E-state index in [9.17, 15) is 9.59 Å². The van der Waals surface area contributed by atoms with Crippen molar-refractivity contribution in [3.63, 3.8) is 0 Å². The molecule has 0 amide bonds. The standard InChI is InChI=1S/C13H14BrN3O2/c1-15-10(18)16-7-3-4-8(17(16)11(15)19)13-6-2-5-12(7,13)9(13)14/h3-4,7-9H,2,5-6H2,1H3/t7-,8+,9?,12-,13+. The lowest BCUT2D eigenvalue weighted by Gasteiger charge is -2.41. The maximum atomic E-state index is 12.3. The highest BCUT2D eigenvalue weighted by Gasteiger charge is 2.85. The molecule has 19 heavy (non-hydrogen) atoms. The fourth-order valence-electron chi connectivity index (χ4n) is 5.37. The lowest BCUT2D eigenvalue weighted by molar-refractivity contribution is 0.122. The Morgan fingerprint density at radius 1 is 1.11 bits per heavy atom. The molecule has 1 unspecified atom stereocenters. The summed E-state index contributed by atoms with van der Waals surface area (Å²) in [6.45, 7) is 0. The van der Waals surface area contributed by atoms with E-state index in [1.807, 2.05) is 0 Å². The Morgan fingerprint density at radius 3 is 2.05 bits per heavy atom. The predicted octanol–water partition coefficient (Wildman–Crippen LogP) is 0.948. The second-order valence-corrected chi connectivity index (χ2v) is 7.30. The summed E-state index contributed by atoms with van der Waals surface area (Å²) in [7, 11) is 1.57. The van der Waals surface area contributed by atoms with Crippen molar-refractivity contribution in [1.29, 1.82) is 0 Å². The van der Waals surface area contributed by atoms with Crippen molar-refractivity contribution in [2.24, 2.45) is 17.9 Å². The molecule has 3 aliphatic carbocycles. The van der Waals surface area contributed by atoms with Gasteiger partial charge in [0, 0.05) is 22.7 Å². The molecule has 0 aromatic carbocycles. The SMILES string of the molecule is Cn1c(=O)n2n(c1=O)[C@@H]1C=C[C@H]2[C@]23CCC[C@]12C3Br. The largest absolute Gasteiger partial charge is 0.347 e. The molecule has 2 fully saturated rings. The number of halogens is 1. The first-order chi connectivity index (χ1) is 9.07. The average Bonchev–Trinajstić information content (AvgIpc) is 2.75. The minimum Gasteiger partial charge on any atom is -0.246 e. The lowest BCUT2D eigenvalue weighted by atomic mass is 9.77. The van der Waals surface area contributed by atoms with Gasteiger partial charge in [0.05, 0.1) is 12.1 Å². The first-order valence-corrected chi connectivity index (χ1v) is 7.71. The third-order valence-electron chi connectivity index (χ3n) is 6.12. The Morgan fingerprint density at radius 2 is 1.58 bits per heavy atom. The van der Waals surface area contributed by atoms with Gasteiger partial charge >= 0.3 is 11.4 Å². The van der Waals surface area contributed by atoms with Crippen molar-refractivity contribution in [2.75, 3.05) is 0 Å². The summed E-state index contributed by atoms with van der Waals surface area (Å²) in [5.41, 5.74) is -0.00898. The number of alkyl halides is 1. The van der Waals surface area contributed by atoms with Gasteiger partial charge in [-0.2, -0.15) is 0 Å². The molecule has 5 atom stereocenters. The number of allylic oxidation sites excluding steroid dienone is 2. The van der Waals surface area contributed by atoms with E-state index in [0.29, 0.717) is 4.83 Å². The van der Waals surface area contributed by atoms with Gasteiger partial charge in [-0.25, -0.2) is 23.5 Å². The van der Waals surface area contributed by atoms with Gasteiger partial charge in [-0.05, 0) is 12.8 Å². The Balaban J connectivity index is 1.92. The van der Waals surface area contributed by atoms with Crippen LogP contribution in [0.2, 0.25) is 0 Å². The predicted molar refractivity (Wildman–Crippen MR) is 72.6 cm³/mol. The van der Waals surface area contributed by atoms with Crippen LogP contribution in [0.4, 0.5) is 0 Å².